The highest BCUT2D eigenvalue weighted by Crippen LogP contribution is 1.98. The Balaban J connectivity index is 3.56. The third-order valence-corrected chi connectivity index (χ3v) is 1.79. The van der Waals surface area contributed by atoms with E-state index in [0.29, 0.717) is 11.9 Å². The van der Waals surface area contributed by atoms with Crippen molar-refractivity contribution in [2.75, 3.05) is 13.6 Å². The molecule has 0 amide bonds. The van der Waals surface area contributed by atoms with Crippen LogP contribution in [0.4, 0.5) is 0 Å². The van der Waals surface area contributed by atoms with E-state index >= 15 is 0 Å². The second-order valence-electron chi connectivity index (χ2n) is 3.06. The number of nitrogens with one attached hydrogen (secondary N) is 1. The van der Waals surface area contributed by atoms with Gasteiger partial charge in [-0.2, -0.15) is 0 Å². The molecule has 0 aromatic rings. The van der Waals surface area contributed by atoms with Crippen molar-refractivity contribution in [3.8, 4) is 0 Å². The molecule has 0 aromatic heterocycles. The monoisotopic (exact) mass is 199 g/mol. The van der Waals surface area contributed by atoms with Gasteiger partial charge in [-0.05, 0) is 6.42 Å². The van der Waals surface area contributed by atoms with Crippen molar-refractivity contribution in [3.05, 3.63) is 0 Å². The van der Waals surface area contributed by atoms with Crippen molar-refractivity contribution in [1.29, 1.82) is 0 Å². The normalized spacial score (nSPS) is 13.0. The van der Waals surface area contributed by atoms with Gasteiger partial charge in [-0.25, -0.2) is 0 Å². The van der Waals surface area contributed by atoms with E-state index in [-0.39, 0.29) is 0 Å². The predicted molar refractivity (Wildman–Crippen MR) is 61.3 cm³/mol. The Bertz CT molecular complexity index is 197. The van der Waals surface area contributed by atoms with Crippen molar-refractivity contribution < 1.29 is 0 Å². The molecule has 5 heteroatoms. The summed E-state index contributed by atoms with van der Waals surface area (Å²) in [4.78, 5) is 7.81. The first-order chi connectivity index (χ1) is 6.70. The van der Waals surface area contributed by atoms with E-state index in [2.05, 4.69) is 22.2 Å². The summed E-state index contributed by atoms with van der Waals surface area (Å²) < 4.78 is 0. The van der Waals surface area contributed by atoms with Crippen LogP contribution in [-0.2, 0) is 0 Å². The van der Waals surface area contributed by atoms with Gasteiger partial charge in [-0.1, -0.05) is 26.2 Å². The lowest BCUT2D eigenvalue weighted by atomic mass is 10.2. The number of unbranched alkanes of at least 4 members (excludes halogenated alkanes) is 3. The van der Waals surface area contributed by atoms with E-state index in [4.69, 9.17) is 11.5 Å². The number of aliphatic imine (C=N–C) groups is 2. The second kappa shape index (κ2) is 8.34. The van der Waals surface area contributed by atoms with Crippen LogP contribution in [0.25, 0.3) is 0 Å². The molecule has 14 heavy (non-hydrogen) atoms. The topological polar surface area (TPSA) is 88.8 Å². The van der Waals surface area contributed by atoms with Crippen LogP contribution in [0.1, 0.15) is 32.6 Å². The van der Waals surface area contributed by atoms with E-state index in [1.54, 1.807) is 7.05 Å². The molecule has 5 N–H and O–H groups in total. The summed E-state index contributed by atoms with van der Waals surface area (Å²) in [6.45, 7) is 2.92. The molecule has 0 rings (SSSR count). The van der Waals surface area contributed by atoms with E-state index in [1.165, 1.54) is 19.3 Å². The number of hydrogen-bond acceptors (Lipinski definition) is 2. The lowest BCUT2D eigenvalue weighted by molar-refractivity contribution is 0.674. The number of nitrogens with two attached hydrogens (primary N) is 2. The first kappa shape index (κ1) is 12.7. The molecule has 0 aliphatic carbocycles. The van der Waals surface area contributed by atoms with Gasteiger partial charge in [0, 0.05) is 13.6 Å². The highest BCUT2D eigenvalue weighted by atomic mass is 15.2. The van der Waals surface area contributed by atoms with Crippen LogP contribution in [0.2, 0.25) is 0 Å². The molecule has 0 bridgehead atoms. The molecule has 5 nitrogen and oxygen atoms in total. The SMILES string of the molecule is CCCCCCN=C(N)NC(N)=NC. The molecule has 0 spiro atoms. The smallest absolute Gasteiger partial charge is 0.195 e. The lowest BCUT2D eigenvalue weighted by Crippen LogP contribution is -2.41. The molecule has 0 heterocycles. The maximum Gasteiger partial charge on any atom is 0.195 e. The Morgan fingerprint density at radius 2 is 1.86 bits per heavy atom. The minimum atomic E-state index is 0.291. The summed E-state index contributed by atoms with van der Waals surface area (Å²) in [6, 6.07) is 0. The summed E-state index contributed by atoms with van der Waals surface area (Å²) >= 11 is 0. The van der Waals surface area contributed by atoms with Crippen LogP contribution in [0.3, 0.4) is 0 Å². The quantitative estimate of drug-likeness (QED) is 0.340. The fourth-order valence-corrected chi connectivity index (χ4v) is 0.965. The van der Waals surface area contributed by atoms with Gasteiger partial charge in [0.1, 0.15) is 0 Å². The minimum absolute atomic E-state index is 0.291. The fraction of sp³-hybridized carbons (Fsp3) is 0.778. The van der Waals surface area contributed by atoms with Gasteiger partial charge in [-0.15, -0.1) is 0 Å². The third-order valence-electron chi connectivity index (χ3n) is 1.79. The molecule has 0 atom stereocenters. The van der Waals surface area contributed by atoms with Crippen molar-refractivity contribution >= 4 is 11.9 Å². The minimum Gasteiger partial charge on any atom is -0.370 e. The molecule has 82 valence electrons. The summed E-state index contributed by atoms with van der Waals surface area (Å²) in [7, 11) is 1.59. The highest BCUT2D eigenvalue weighted by Gasteiger charge is 1.92. The molecule has 0 unspecified atom stereocenters. The third kappa shape index (κ3) is 7.39. The molecular weight excluding hydrogens is 178 g/mol. The zero-order valence-corrected chi connectivity index (χ0v) is 9.08. The maximum absolute atomic E-state index is 5.54. The van der Waals surface area contributed by atoms with E-state index in [1.807, 2.05) is 0 Å². The summed E-state index contributed by atoms with van der Waals surface area (Å²) in [5.41, 5.74) is 10.9. The van der Waals surface area contributed by atoms with Gasteiger partial charge >= 0.3 is 0 Å². The van der Waals surface area contributed by atoms with Crippen LogP contribution in [0, 0.1) is 0 Å². The summed E-state index contributed by atoms with van der Waals surface area (Å²) in [6.07, 6.45) is 4.75. The maximum atomic E-state index is 5.54. The Morgan fingerprint density at radius 3 is 2.43 bits per heavy atom. The number of rotatable bonds is 5. The van der Waals surface area contributed by atoms with Crippen LogP contribution in [-0.4, -0.2) is 25.5 Å². The molecule has 0 radical (unpaired) electrons. The predicted octanol–water partition coefficient (Wildman–Crippen LogP) is 0.416. The molecule has 0 saturated carbocycles. The van der Waals surface area contributed by atoms with Gasteiger partial charge in [-0.3, -0.25) is 15.3 Å². The van der Waals surface area contributed by atoms with Crippen molar-refractivity contribution in [2.45, 2.75) is 32.6 Å². The Kier molecular flexibility index (Phi) is 7.59. The number of guanidine groups is 2. The molecule has 0 aliphatic heterocycles. The first-order valence-electron chi connectivity index (χ1n) is 5.00. The average Bonchev–Trinajstić information content (AvgIpc) is 2.17. The number of hydrogen-bond donors (Lipinski definition) is 3. The van der Waals surface area contributed by atoms with E-state index in [9.17, 15) is 0 Å². The molecule has 0 aliphatic rings. The largest absolute Gasteiger partial charge is 0.370 e. The summed E-state index contributed by atoms with van der Waals surface area (Å²) in [5.74, 6) is 0.629. The van der Waals surface area contributed by atoms with Crippen LogP contribution < -0.4 is 16.8 Å². The Morgan fingerprint density at radius 1 is 1.14 bits per heavy atom. The van der Waals surface area contributed by atoms with Gasteiger partial charge in [0.25, 0.3) is 0 Å². The first-order valence-corrected chi connectivity index (χ1v) is 5.00. The van der Waals surface area contributed by atoms with E-state index < -0.39 is 0 Å². The molecule has 0 saturated heterocycles. The van der Waals surface area contributed by atoms with Crippen molar-refractivity contribution in [3.63, 3.8) is 0 Å². The second-order valence-corrected chi connectivity index (χ2v) is 3.06. The molecule has 0 fully saturated rings. The van der Waals surface area contributed by atoms with Crippen LogP contribution in [0.15, 0.2) is 9.98 Å². The van der Waals surface area contributed by atoms with E-state index in [0.717, 1.165) is 13.0 Å². The van der Waals surface area contributed by atoms with Gasteiger partial charge in [0.05, 0.1) is 0 Å². The van der Waals surface area contributed by atoms with Gasteiger partial charge in [0.2, 0.25) is 0 Å². The highest BCUT2D eigenvalue weighted by molar-refractivity contribution is 5.96. The fourth-order valence-electron chi connectivity index (χ4n) is 0.965. The Labute approximate surface area is 85.7 Å². The zero-order valence-electron chi connectivity index (χ0n) is 9.08. The van der Waals surface area contributed by atoms with Crippen molar-refractivity contribution in [2.24, 2.45) is 21.5 Å². The van der Waals surface area contributed by atoms with Crippen molar-refractivity contribution in [1.82, 2.24) is 5.32 Å². The number of nitrogens with zero attached hydrogens (tertiary/aromatic N) is 2. The lowest BCUT2D eigenvalue weighted by Gasteiger charge is -2.03. The van der Waals surface area contributed by atoms with Crippen LogP contribution in [0.5, 0.6) is 0 Å². The molecule has 0 aromatic carbocycles. The van der Waals surface area contributed by atoms with Crippen LogP contribution >= 0.6 is 0 Å². The summed E-state index contributed by atoms with van der Waals surface area (Å²) in [5, 5.41) is 2.68. The van der Waals surface area contributed by atoms with Gasteiger partial charge in [0.15, 0.2) is 11.9 Å². The molecular formula is C9H21N5. The average molecular weight is 199 g/mol. The standard InChI is InChI=1S/C9H21N5/c1-3-4-5-6-7-13-9(11)14-8(10)12-2/h3-7H2,1-2H3,(H5,10,11,12,13,14). The zero-order chi connectivity index (χ0) is 10.8. The Hall–Kier alpha value is -1.26. The van der Waals surface area contributed by atoms with Gasteiger partial charge < -0.3 is 11.5 Å².